The number of rotatable bonds is 3. The molecule has 4 rings (SSSR count). The number of hydrazone groups is 1. The minimum absolute atomic E-state index is 0.0669. The van der Waals surface area contributed by atoms with Gasteiger partial charge in [-0.2, -0.15) is 5.10 Å². The molecule has 148 valence electrons. The van der Waals surface area contributed by atoms with E-state index in [0.717, 1.165) is 18.4 Å². The largest absolute Gasteiger partial charge is 0.338 e. The summed E-state index contributed by atoms with van der Waals surface area (Å²) in [6.45, 7) is 2.03. The van der Waals surface area contributed by atoms with E-state index in [1.807, 2.05) is 4.90 Å². The molecule has 3 aliphatic rings. The van der Waals surface area contributed by atoms with Crippen LogP contribution in [0.25, 0.3) is 0 Å². The van der Waals surface area contributed by atoms with Gasteiger partial charge >= 0.3 is 0 Å². The van der Waals surface area contributed by atoms with Crippen molar-refractivity contribution in [2.45, 2.75) is 38.6 Å². The van der Waals surface area contributed by atoms with Gasteiger partial charge in [-0.05, 0) is 37.0 Å². The Bertz CT molecular complexity index is 838. The molecule has 0 saturated carbocycles. The van der Waals surface area contributed by atoms with Crippen LogP contribution in [0.15, 0.2) is 29.4 Å². The first-order chi connectivity index (χ1) is 13.5. The summed E-state index contributed by atoms with van der Waals surface area (Å²) in [4.78, 5) is 40.7. The Labute approximate surface area is 162 Å². The van der Waals surface area contributed by atoms with Crippen molar-refractivity contribution >= 4 is 23.4 Å². The predicted octanol–water partition coefficient (Wildman–Crippen LogP) is 1.43. The van der Waals surface area contributed by atoms with Crippen LogP contribution >= 0.6 is 0 Å². The van der Waals surface area contributed by atoms with Crippen LogP contribution in [0.3, 0.4) is 0 Å². The standard InChI is InChI=1S/C20H23FN4O3/c21-15-4-2-14(3-5-15)12-24-10-1-8-20(19(24)28)9-11-25(13-20)18(27)16-6-7-17(26)23-22-16/h2-5H,1,6-13H2,(H,23,26)/t20-/m0/s1. The molecule has 7 nitrogen and oxygen atoms in total. The van der Waals surface area contributed by atoms with Crippen LogP contribution in [0.1, 0.15) is 37.7 Å². The Morgan fingerprint density at radius 2 is 1.93 bits per heavy atom. The quantitative estimate of drug-likeness (QED) is 0.853. The maximum Gasteiger partial charge on any atom is 0.270 e. The predicted molar refractivity (Wildman–Crippen MR) is 99.5 cm³/mol. The molecule has 1 atom stereocenters. The van der Waals surface area contributed by atoms with E-state index in [1.54, 1.807) is 17.0 Å². The number of amides is 3. The second-order valence-electron chi connectivity index (χ2n) is 7.81. The molecule has 3 amide bonds. The molecule has 28 heavy (non-hydrogen) atoms. The van der Waals surface area contributed by atoms with Gasteiger partial charge in [0.05, 0.1) is 5.41 Å². The van der Waals surface area contributed by atoms with E-state index in [4.69, 9.17) is 0 Å². The molecule has 0 aliphatic carbocycles. The number of nitrogens with zero attached hydrogens (tertiary/aromatic N) is 3. The van der Waals surface area contributed by atoms with Gasteiger partial charge in [-0.25, -0.2) is 9.82 Å². The normalized spacial score (nSPS) is 25.1. The maximum atomic E-state index is 13.2. The lowest BCUT2D eigenvalue weighted by Gasteiger charge is -2.39. The zero-order valence-electron chi connectivity index (χ0n) is 15.6. The molecule has 2 saturated heterocycles. The van der Waals surface area contributed by atoms with E-state index in [2.05, 4.69) is 10.5 Å². The average molecular weight is 386 g/mol. The number of hydrogen-bond donors (Lipinski definition) is 1. The summed E-state index contributed by atoms with van der Waals surface area (Å²) >= 11 is 0. The minimum Gasteiger partial charge on any atom is -0.338 e. The lowest BCUT2D eigenvalue weighted by atomic mass is 9.78. The zero-order chi connectivity index (χ0) is 19.7. The molecule has 2 fully saturated rings. The molecule has 3 aliphatic heterocycles. The molecule has 1 aromatic carbocycles. The van der Waals surface area contributed by atoms with Crippen molar-refractivity contribution in [1.29, 1.82) is 0 Å². The number of nitrogens with one attached hydrogen (secondary N) is 1. The lowest BCUT2D eigenvalue weighted by Crippen LogP contribution is -2.50. The van der Waals surface area contributed by atoms with Gasteiger partial charge in [0.2, 0.25) is 11.8 Å². The lowest BCUT2D eigenvalue weighted by molar-refractivity contribution is -0.146. The minimum atomic E-state index is -0.549. The SMILES string of the molecule is O=C1CCC(C(=O)N2CC[C@@]3(CCCN(Cc4ccc(F)cc4)C3=O)C2)=NN1. The second-order valence-corrected chi connectivity index (χ2v) is 7.81. The van der Waals surface area contributed by atoms with Crippen molar-refractivity contribution in [3.05, 3.63) is 35.6 Å². The first kappa shape index (κ1) is 18.6. The molecule has 1 spiro atoms. The van der Waals surface area contributed by atoms with E-state index < -0.39 is 5.41 Å². The van der Waals surface area contributed by atoms with Crippen LogP contribution in [-0.4, -0.2) is 52.9 Å². The Balaban J connectivity index is 1.44. The van der Waals surface area contributed by atoms with Crippen molar-refractivity contribution in [3.8, 4) is 0 Å². The number of hydrogen-bond acceptors (Lipinski definition) is 4. The Morgan fingerprint density at radius 3 is 2.64 bits per heavy atom. The maximum absolute atomic E-state index is 13.2. The summed E-state index contributed by atoms with van der Waals surface area (Å²) in [5.41, 5.74) is 3.05. The van der Waals surface area contributed by atoms with Gasteiger partial charge in [0.1, 0.15) is 11.5 Å². The fourth-order valence-corrected chi connectivity index (χ4v) is 4.35. The highest BCUT2D eigenvalue weighted by molar-refractivity contribution is 6.39. The molecular formula is C20H23FN4O3. The number of halogens is 1. The summed E-state index contributed by atoms with van der Waals surface area (Å²) in [5.74, 6) is -0.608. The summed E-state index contributed by atoms with van der Waals surface area (Å²) in [7, 11) is 0. The number of likely N-dealkylation sites (tertiary alicyclic amines) is 2. The molecule has 8 heteroatoms. The third kappa shape index (κ3) is 3.50. The van der Waals surface area contributed by atoms with Crippen LogP contribution in [0.5, 0.6) is 0 Å². The van der Waals surface area contributed by atoms with Crippen molar-refractivity contribution < 1.29 is 18.8 Å². The zero-order valence-corrected chi connectivity index (χ0v) is 15.6. The molecule has 1 N–H and O–H groups in total. The van der Waals surface area contributed by atoms with Gasteiger partial charge < -0.3 is 9.80 Å². The highest BCUT2D eigenvalue weighted by atomic mass is 19.1. The van der Waals surface area contributed by atoms with E-state index in [0.29, 0.717) is 44.7 Å². The fourth-order valence-electron chi connectivity index (χ4n) is 4.35. The number of piperidine rings is 1. The van der Waals surface area contributed by atoms with Gasteiger partial charge in [-0.1, -0.05) is 12.1 Å². The van der Waals surface area contributed by atoms with Gasteiger partial charge in [0.25, 0.3) is 5.91 Å². The van der Waals surface area contributed by atoms with Crippen molar-refractivity contribution in [3.63, 3.8) is 0 Å². The number of benzene rings is 1. The van der Waals surface area contributed by atoms with Gasteiger partial charge in [-0.15, -0.1) is 0 Å². The van der Waals surface area contributed by atoms with Gasteiger partial charge in [0, 0.05) is 39.0 Å². The Kier molecular flexibility index (Phi) is 4.87. The summed E-state index contributed by atoms with van der Waals surface area (Å²) in [5, 5.41) is 3.89. The first-order valence-electron chi connectivity index (χ1n) is 9.65. The molecule has 0 aromatic heterocycles. The van der Waals surface area contributed by atoms with Gasteiger partial charge in [-0.3, -0.25) is 14.4 Å². The molecule has 0 bridgehead atoms. The molecule has 0 radical (unpaired) electrons. The molecule has 1 aromatic rings. The average Bonchev–Trinajstić information content (AvgIpc) is 3.12. The number of carbonyl (C=O) groups excluding carboxylic acids is 3. The summed E-state index contributed by atoms with van der Waals surface area (Å²) < 4.78 is 13.1. The third-order valence-electron chi connectivity index (χ3n) is 5.90. The van der Waals surface area contributed by atoms with Crippen molar-refractivity contribution in [1.82, 2.24) is 15.2 Å². The van der Waals surface area contributed by atoms with Crippen LogP contribution in [-0.2, 0) is 20.9 Å². The highest BCUT2D eigenvalue weighted by Gasteiger charge is 2.49. The topological polar surface area (TPSA) is 82.1 Å². The van der Waals surface area contributed by atoms with Crippen LogP contribution in [0, 0.1) is 11.2 Å². The monoisotopic (exact) mass is 386 g/mol. The van der Waals surface area contributed by atoms with Crippen LogP contribution in [0.4, 0.5) is 4.39 Å². The van der Waals surface area contributed by atoms with E-state index in [-0.39, 0.29) is 30.0 Å². The Morgan fingerprint density at radius 1 is 1.14 bits per heavy atom. The second kappa shape index (κ2) is 7.33. The highest BCUT2D eigenvalue weighted by Crippen LogP contribution is 2.40. The summed E-state index contributed by atoms with van der Waals surface area (Å²) in [6, 6.07) is 6.20. The molecule has 0 unspecified atom stereocenters. The smallest absolute Gasteiger partial charge is 0.270 e. The number of carbonyl (C=O) groups is 3. The van der Waals surface area contributed by atoms with E-state index >= 15 is 0 Å². The van der Waals surface area contributed by atoms with Crippen LogP contribution < -0.4 is 5.43 Å². The van der Waals surface area contributed by atoms with E-state index in [1.165, 1.54) is 12.1 Å². The third-order valence-corrected chi connectivity index (χ3v) is 5.90. The van der Waals surface area contributed by atoms with E-state index in [9.17, 15) is 18.8 Å². The molecule has 3 heterocycles. The first-order valence-corrected chi connectivity index (χ1v) is 9.65. The van der Waals surface area contributed by atoms with Crippen molar-refractivity contribution in [2.24, 2.45) is 10.5 Å². The Hall–Kier alpha value is -2.77. The fraction of sp³-hybridized carbons (Fsp3) is 0.500. The molecular weight excluding hydrogens is 363 g/mol. The van der Waals surface area contributed by atoms with Crippen molar-refractivity contribution in [2.75, 3.05) is 19.6 Å². The van der Waals surface area contributed by atoms with Gasteiger partial charge in [0.15, 0.2) is 0 Å². The van der Waals surface area contributed by atoms with Crippen LogP contribution in [0.2, 0.25) is 0 Å². The summed E-state index contributed by atoms with van der Waals surface area (Å²) in [6.07, 6.45) is 2.87.